The number of hydrogen-bond acceptors (Lipinski definition) is 6. The zero-order chi connectivity index (χ0) is 42.1. The second-order valence-corrected chi connectivity index (χ2v) is 16.4. The Kier molecular flexibility index (Phi) is 17.1. The molecule has 6 nitrogen and oxygen atoms in total. The van der Waals surface area contributed by atoms with E-state index in [2.05, 4.69) is 88.4 Å². The number of unbranched alkanes of at least 4 members (excludes halogenated alkanes) is 12. The molecule has 0 spiro atoms. The van der Waals surface area contributed by atoms with E-state index in [1.807, 2.05) is 24.3 Å². The summed E-state index contributed by atoms with van der Waals surface area (Å²) in [6.07, 6.45) is 18.2. The topological polar surface area (TPSA) is 71.1 Å². The van der Waals surface area contributed by atoms with Gasteiger partial charge in [0.05, 0.1) is 13.2 Å². The van der Waals surface area contributed by atoms with Crippen molar-refractivity contribution in [3.05, 3.63) is 96.1 Å². The fraction of sp³-hybridized carbons (Fsp3) is 0.444. The van der Waals surface area contributed by atoms with E-state index >= 15 is 0 Å². The van der Waals surface area contributed by atoms with Gasteiger partial charge < -0.3 is 18.9 Å². The van der Waals surface area contributed by atoms with E-state index in [4.69, 9.17) is 18.9 Å². The molecule has 0 bridgehead atoms. The van der Waals surface area contributed by atoms with Crippen LogP contribution in [0.1, 0.15) is 142 Å². The molecule has 0 aliphatic heterocycles. The van der Waals surface area contributed by atoms with Gasteiger partial charge in [0.1, 0.15) is 11.5 Å². The number of carbonyl (C=O) groups is 2. The summed E-state index contributed by atoms with van der Waals surface area (Å²) in [4.78, 5) is 26.7. The molecule has 6 aromatic rings. The molecular weight excluding hydrogens is 745 g/mol. The van der Waals surface area contributed by atoms with Crippen LogP contribution in [-0.4, -0.2) is 25.5 Å². The Balaban J connectivity index is 1.60. The predicted octanol–water partition coefficient (Wildman–Crippen LogP) is 16.4. The molecule has 318 valence electrons. The minimum Gasteiger partial charge on any atom is -0.434 e. The van der Waals surface area contributed by atoms with Crippen molar-refractivity contribution in [3.8, 4) is 22.6 Å². The van der Waals surface area contributed by atoms with Crippen LogP contribution in [0.2, 0.25) is 0 Å². The smallest absolute Gasteiger partial charge is 0.434 e. The first kappa shape index (κ1) is 44.5. The first-order valence-electron chi connectivity index (χ1n) is 23.1. The van der Waals surface area contributed by atoms with Crippen LogP contribution in [0.25, 0.3) is 54.2 Å². The van der Waals surface area contributed by atoms with Crippen molar-refractivity contribution in [2.75, 3.05) is 13.2 Å². The summed E-state index contributed by atoms with van der Waals surface area (Å²) >= 11 is 0. The molecule has 60 heavy (non-hydrogen) atoms. The molecule has 0 saturated carbocycles. The van der Waals surface area contributed by atoms with Crippen molar-refractivity contribution in [1.29, 1.82) is 0 Å². The largest absolute Gasteiger partial charge is 0.513 e. The Morgan fingerprint density at radius 1 is 0.383 bits per heavy atom. The molecule has 0 atom stereocenters. The molecule has 6 aromatic carbocycles. The highest BCUT2D eigenvalue weighted by Crippen LogP contribution is 2.50. The Morgan fingerprint density at radius 3 is 1.13 bits per heavy atom. The summed E-state index contributed by atoms with van der Waals surface area (Å²) in [5.41, 5.74) is 4.62. The fourth-order valence-electron chi connectivity index (χ4n) is 8.55. The molecule has 0 fully saturated rings. The Morgan fingerprint density at radius 2 is 0.733 bits per heavy atom. The Bertz CT molecular complexity index is 2180. The number of hydrogen-bond donors (Lipinski definition) is 0. The van der Waals surface area contributed by atoms with Gasteiger partial charge in [-0.2, -0.15) is 0 Å². The van der Waals surface area contributed by atoms with Gasteiger partial charge >= 0.3 is 12.3 Å². The van der Waals surface area contributed by atoms with Crippen molar-refractivity contribution in [1.82, 2.24) is 0 Å². The molecule has 0 N–H and O–H groups in total. The summed E-state index contributed by atoms with van der Waals surface area (Å²) in [5.74, 6) is 1.01. The van der Waals surface area contributed by atoms with Crippen molar-refractivity contribution >= 4 is 55.4 Å². The van der Waals surface area contributed by atoms with Gasteiger partial charge in [-0.05, 0) is 82.3 Å². The van der Waals surface area contributed by atoms with Crippen molar-refractivity contribution in [3.63, 3.8) is 0 Å². The first-order valence-corrected chi connectivity index (χ1v) is 23.1. The van der Waals surface area contributed by atoms with E-state index in [1.54, 1.807) is 0 Å². The average Bonchev–Trinajstić information content (AvgIpc) is 3.27. The quantitative estimate of drug-likeness (QED) is 0.0278. The second-order valence-electron chi connectivity index (χ2n) is 16.4. The zero-order valence-electron chi connectivity index (χ0n) is 36.7. The van der Waals surface area contributed by atoms with E-state index in [0.29, 0.717) is 24.7 Å². The number of aryl methyl sites for hydroxylation is 2. The van der Waals surface area contributed by atoms with Crippen LogP contribution in [0, 0.1) is 0 Å². The molecule has 0 heterocycles. The fourth-order valence-corrected chi connectivity index (χ4v) is 8.55. The van der Waals surface area contributed by atoms with Gasteiger partial charge in [-0.1, -0.05) is 190 Å². The first-order chi connectivity index (χ1) is 29.5. The SMILES string of the molecule is CCCCCCCc1ccc2c(OC(=O)OCCCCC)c3ccccc3c(-c3c4ccccc4c(OC(=O)OCCCCC)c4ccc(CCCCCCC)cc34)c2c1. The van der Waals surface area contributed by atoms with Crippen LogP contribution in [0.4, 0.5) is 9.59 Å². The monoisotopic (exact) mass is 810 g/mol. The zero-order valence-corrected chi connectivity index (χ0v) is 36.7. The molecule has 0 aromatic heterocycles. The van der Waals surface area contributed by atoms with E-state index in [1.165, 1.54) is 62.5 Å². The number of benzene rings is 6. The summed E-state index contributed by atoms with van der Waals surface area (Å²) in [6.45, 7) is 9.40. The summed E-state index contributed by atoms with van der Waals surface area (Å²) < 4.78 is 23.7. The van der Waals surface area contributed by atoms with Crippen LogP contribution < -0.4 is 9.47 Å². The van der Waals surface area contributed by atoms with Gasteiger partial charge in [0.15, 0.2) is 0 Å². The maximum absolute atomic E-state index is 13.4. The van der Waals surface area contributed by atoms with E-state index in [0.717, 1.165) is 118 Å². The van der Waals surface area contributed by atoms with E-state index < -0.39 is 12.3 Å². The van der Waals surface area contributed by atoms with Gasteiger partial charge in [0, 0.05) is 21.5 Å². The van der Waals surface area contributed by atoms with Crippen LogP contribution in [0.3, 0.4) is 0 Å². The maximum Gasteiger partial charge on any atom is 0.513 e. The molecule has 6 rings (SSSR count). The lowest BCUT2D eigenvalue weighted by Gasteiger charge is -2.22. The second kappa shape index (κ2) is 23.0. The molecule has 0 unspecified atom stereocenters. The molecule has 0 aliphatic rings. The van der Waals surface area contributed by atoms with Gasteiger partial charge in [-0.25, -0.2) is 9.59 Å². The lowest BCUT2D eigenvalue weighted by atomic mass is 9.84. The van der Waals surface area contributed by atoms with E-state index in [9.17, 15) is 9.59 Å². The predicted molar refractivity (Wildman–Crippen MR) is 250 cm³/mol. The molecule has 0 saturated heterocycles. The summed E-state index contributed by atoms with van der Waals surface area (Å²) in [7, 11) is 0. The third-order valence-electron chi connectivity index (χ3n) is 11.8. The summed E-state index contributed by atoms with van der Waals surface area (Å²) in [6, 6.07) is 29.7. The van der Waals surface area contributed by atoms with E-state index in [-0.39, 0.29) is 0 Å². The highest BCUT2D eigenvalue weighted by Gasteiger charge is 2.25. The third kappa shape index (κ3) is 11.2. The molecule has 0 amide bonds. The highest BCUT2D eigenvalue weighted by molar-refractivity contribution is 6.27. The van der Waals surface area contributed by atoms with Gasteiger partial charge in [-0.15, -0.1) is 0 Å². The van der Waals surface area contributed by atoms with Gasteiger partial charge in [-0.3, -0.25) is 0 Å². The van der Waals surface area contributed by atoms with Crippen LogP contribution >= 0.6 is 0 Å². The molecule has 0 aliphatic carbocycles. The molecular formula is C54H66O6. The van der Waals surface area contributed by atoms with Gasteiger partial charge in [0.2, 0.25) is 0 Å². The van der Waals surface area contributed by atoms with Crippen LogP contribution in [-0.2, 0) is 22.3 Å². The normalized spacial score (nSPS) is 11.5. The highest BCUT2D eigenvalue weighted by atomic mass is 16.7. The minimum absolute atomic E-state index is 0.322. The number of ether oxygens (including phenoxy) is 4. The van der Waals surface area contributed by atoms with Gasteiger partial charge in [0.25, 0.3) is 0 Å². The summed E-state index contributed by atoms with van der Waals surface area (Å²) in [5, 5.41) is 7.33. The van der Waals surface area contributed by atoms with Crippen molar-refractivity contribution in [2.45, 2.75) is 143 Å². The minimum atomic E-state index is -0.687. The maximum atomic E-state index is 13.4. The Hall–Kier alpha value is -5.10. The average molecular weight is 811 g/mol. The number of carbonyl (C=O) groups excluding carboxylic acids is 2. The van der Waals surface area contributed by atoms with Crippen molar-refractivity contribution < 1.29 is 28.5 Å². The van der Waals surface area contributed by atoms with Crippen LogP contribution in [0.15, 0.2) is 84.9 Å². The van der Waals surface area contributed by atoms with Crippen molar-refractivity contribution in [2.24, 2.45) is 0 Å². The number of rotatable bonds is 23. The lowest BCUT2D eigenvalue weighted by molar-refractivity contribution is 0.0973. The standard InChI is InChI=1S/C54H66O6/c1-5-9-13-15-17-25-39-31-33-45-47(37-39)49(41-27-19-21-29-43(41)51(45)59-53(55)57-35-23-11-7-3)50-42-28-20-22-30-44(42)52(60-54(56)58-36-24-12-8-4)46-34-32-40(38-48(46)50)26-18-16-14-10-6-2/h19-22,27-34,37-38H,5-18,23-26,35-36H2,1-4H3. The molecule has 6 heteroatoms. The number of fused-ring (bicyclic) bond motifs is 4. The third-order valence-corrected chi connectivity index (χ3v) is 11.8. The molecule has 0 radical (unpaired) electrons. The lowest BCUT2D eigenvalue weighted by Crippen LogP contribution is -2.12. The van der Waals surface area contributed by atoms with Crippen LogP contribution in [0.5, 0.6) is 11.5 Å². The Labute approximate surface area is 357 Å².